The molecule has 0 amide bonds. The fraction of sp³-hybridized carbons (Fsp3) is 0.583. The predicted molar refractivity (Wildman–Crippen MR) is 72.4 cm³/mol. The summed E-state index contributed by atoms with van der Waals surface area (Å²) in [5.74, 6) is 1.43. The Labute approximate surface area is 107 Å². The molecule has 2 rings (SSSR count). The molecule has 3 N–H and O–H groups in total. The van der Waals surface area contributed by atoms with Crippen molar-refractivity contribution in [3.8, 4) is 0 Å². The number of nitrogens with two attached hydrogens (primary N) is 1. The third-order valence-corrected chi connectivity index (χ3v) is 3.47. The van der Waals surface area contributed by atoms with Crippen molar-refractivity contribution in [2.24, 2.45) is 5.92 Å². The van der Waals surface area contributed by atoms with Crippen LogP contribution in [0, 0.1) is 5.92 Å². The average molecular weight is 255 g/mol. The second-order valence-electron chi connectivity index (χ2n) is 4.52. The van der Waals surface area contributed by atoms with E-state index in [9.17, 15) is 0 Å². The normalized spacial score (nSPS) is 20.7. The number of aromatic nitrogens is 1. The van der Waals surface area contributed by atoms with Crippen LogP contribution < -0.4 is 11.1 Å². The van der Waals surface area contributed by atoms with Gasteiger partial charge in [-0.2, -0.15) is 0 Å². The standard InChI is InChI=1S/C12H19ClN4/c1-2-17-4-3-9(8-17)6-15-12-11(14)5-10(13)7-16-12/h5,7,9H,2-4,6,8,14H2,1H3,(H,15,16). The molecule has 94 valence electrons. The quantitative estimate of drug-likeness (QED) is 0.864. The number of hydrogen-bond donors (Lipinski definition) is 2. The van der Waals surface area contributed by atoms with Gasteiger partial charge in [-0.25, -0.2) is 4.98 Å². The molecule has 0 aromatic carbocycles. The van der Waals surface area contributed by atoms with Crippen molar-refractivity contribution >= 4 is 23.1 Å². The Morgan fingerprint density at radius 3 is 3.12 bits per heavy atom. The number of anilines is 2. The number of pyridine rings is 1. The summed E-state index contributed by atoms with van der Waals surface area (Å²) in [6.07, 6.45) is 2.86. The zero-order chi connectivity index (χ0) is 12.3. The van der Waals surface area contributed by atoms with Gasteiger partial charge in [-0.1, -0.05) is 18.5 Å². The van der Waals surface area contributed by atoms with Crippen LogP contribution in [0.5, 0.6) is 0 Å². The minimum absolute atomic E-state index is 0.575. The van der Waals surface area contributed by atoms with Gasteiger partial charge < -0.3 is 16.0 Å². The number of nitrogens with one attached hydrogen (secondary N) is 1. The Balaban J connectivity index is 1.86. The van der Waals surface area contributed by atoms with Crippen LogP contribution in [0.3, 0.4) is 0 Å². The lowest BCUT2D eigenvalue weighted by atomic mass is 10.1. The van der Waals surface area contributed by atoms with Crippen LogP contribution in [-0.2, 0) is 0 Å². The minimum Gasteiger partial charge on any atom is -0.396 e. The first-order valence-electron chi connectivity index (χ1n) is 6.06. The summed E-state index contributed by atoms with van der Waals surface area (Å²) in [6, 6.07) is 1.73. The Morgan fingerprint density at radius 1 is 1.65 bits per heavy atom. The van der Waals surface area contributed by atoms with Gasteiger partial charge in [0, 0.05) is 19.3 Å². The molecule has 0 aliphatic carbocycles. The van der Waals surface area contributed by atoms with Crippen molar-refractivity contribution in [1.29, 1.82) is 0 Å². The van der Waals surface area contributed by atoms with Crippen molar-refractivity contribution in [3.05, 3.63) is 17.3 Å². The number of nitrogens with zero attached hydrogens (tertiary/aromatic N) is 2. The van der Waals surface area contributed by atoms with Gasteiger partial charge in [0.2, 0.25) is 0 Å². The molecule has 0 bridgehead atoms. The van der Waals surface area contributed by atoms with Crippen LogP contribution in [0.4, 0.5) is 11.5 Å². The van der Waals surface area contributed by atoms with Crippen LogP contribution in [-0.4, -0.2) is 36.1 Å². The second-order valence-corrected chi connectivity index (χ2v) is 4.96. The number of hydrogen-bond acceptors (Lipinski definition) is 4. The van der Waals surface area contributed by atoms with Crippen molar-refractivity contribution in [3.63, 3.8) is 0 Å². The molecular formula is C12H19ClN4. The van der Waals surface area contributed by atoms with Gasteiger partial charge in [0.15, 0.2) is 0 Å². The molecule has 0 saturated carbocycles. The lowest BCUT2D eigenvalue weighted by Crippen LogP contribution is -2.22. The number of rotatable bonds is 4. The molecule has 1 aromatic heterocycles. The summed E-state index contributed by atoms with van der Waals surface area (Å²) in [7, 11) is 0. The van der Waals surface area contributed by atoms with Crippen molar-refractivity contribution in [1.82, 2.24) is 9.88 Å². The lowest BCUT2D eigenvalue weighted by molar-refractivity contribution is 0.345. The molecule has 0 radical (unpaired) electrons. The van der Waals surface area contributed by atoms with Gasteiger partial charge in [0.25, 0.3) is 0 Å². The molecule has 1 aromatic rings. The third-order valence-electron chi connectivity index (χ3n) is 3.26. The molecule has 1 fully saturated rings. The Bertz CT molecular complexity index is 383. The summed E-state index contributed by atoms with van der Waals surface area (Å²) in [5, 5.41) is 3.88. The Hall–Kier alpha value is -1.00. The molecule has 4 nitrogen and oxygen atoms in total. The molecule has 1 aliphatic rings. The predicted octanol–water partition coefficient (Wildman–Crippen LogP) is 2.07. The minimum atomic E-state index is 0.575. The lowest BCUT2D eigenvalue weighted by Gasteiger charge is -2.14. The zero-order valence-corrected chi connectivity index (χ0v) is 10.9. The van der Waals surface area contributed by atoms with Crippen LogP contribution in [0.2, 0.25) is 5.02 Å². The smallest absolute Gasteiger partial charge is 0.149 e. The first kappa shape index (κ1) is 12.5. The number of nitrogen functional groups attached to an aromatic ring is 1. The van der Waals surface area contributed by atoms with Gasteiger partial charge in [-0.15, -0.1) is 0 Å². The number of halogens is 1. The summed E-state index contributed by atoms with van der Waals surface area (Å²) < 4.78 is 0. The first-order valence-corrected chi connectivity index (χ1v) is 6.44. The SMILES string of the molecule is CCN1CCC(CNc2ncc(Cl)cc2N)C1. The topological polar surface area (TPSA) is 54.2 Å². The molecule has 1 saturated heterocycles. The van der Waals surface area contributed by atoms with Crippen LogP contribution >= 0.6 is 11.6 Å². The van der Waals surface area contributed by atoms with Crippen LogP contribution in [0.25, 0.3) is 0 Å². The molecule has 1 unspecified atom stereocenters. The molecule has 1 atom stereocenters. The van der Waals surface area contributed by atoms with E-state index in [4.69, 9.17) is 17.3 Å². The van der Waals surface area contributed by atoms with E-state index in [1.807, 2.05) is 0 Å². The van der Waals surface area contributed by atoms with E-state index in [0.717, 1.165) is 25.5 Å². The second kappa shape index (κ2) is 5.56. The number of likely N-dealkylation sites (tertiary alicyclic amines) is 1. The van der Waals surface area contributed by atoms with Crippen LogP contribution in [0.15, 0.2) is 12.3 Å². The van der Waals surface area contributed by atoms with E-state index in [-0.39, 0.29) is 0 Å². The maximum absolute atomic E-state index is 5.84. The largest absolute Gasteiger partial charge is 0.396 e. The fourth-order valence-electron chi connectivity index (χ4n) is 2.21. The van der Waals surface area contributed by atoms with Crippen LogP contribution in [0.1, 0.15) is 13.3 Å². The highest BCUT2D eigenvalue weighted by Crippen LogP contribution is 2.21. The molecule has 5 heteroatoms. The highest BCUT2D eigenvalue weighted by atomic mass is 35.5. The van der Waals surface area contributed by atoms with Crippen molar-refractivity contribution in [2.45, 2.75) is 13.3 Å². The van der Waals surface area contributed by atoms with Gasteiger partial charge in [0.05, 0.1) is 10.7 Å². The Morgan fingerprint density at radius 2 is 2.47 bits per heavy atom. The van der Waals surface area contributed by atoms with Gasteiger partial charge in [0.1, 0.15) is 5.82 Å². The molecule has 17 heavy (non-hydrogen) atoms. The zero-order valence-electron chi connectivity index (χ0n) is 10.1. The Kier molecular flexibility index (Phi) is 4.07. The maximum Gasteiger partial charge on any atom is 0.149 e. The molecule has 0 spiro atoms. The fourth-order valence-corrected chi connectivity index (χ4v) is 2.38. The third kappa shape index (κ3) is 3.23. The van der Waals surface area contributed by atoms with E-state index in [1.165, 1.54) is 13.0 Å². The van der Waals surface area contributed by atoms with E-state index >= 15 is 0 Å². The summed E-state index contributed by atoms with van der Waals surface area (Å²) in [6.45, 7) is 6.63. The van der Waals surface area contributed by atoms with E-state index in [0.29, 0.717) is 16.6 Å². The van der Waals surface area contributed by atoms with Crippen molar-refractivity contribution in [2.75, 3.05) is 37.2 Å². The highest BCUT2D eigenvalue weighted by Gasteiger charge is 2.20. The molecule has 1 aliphatic heterocycles. The summed E-state index contributed by atoms with van der Waals surface area (Å²) >= 11 is 5.81. The average Bonchev–Trinajstić information content (AvgIpc) is 2.76. The van der Waals surface area contributed by atoms with Crippen molar-refractivity contribution < 1.29 is 0 Å². The molecule has 2 heterocycles. The van der Waals surface area contributed by atoms with Gasteiger partial charge in [-0.05, 0) is 31.5 Å². The van der Waals surface area contributed by atoms with Gasteiger partial charge in [-0.3, -0.25) is 0 Å². The first-order chi connectivity index (χ1) is 8.19. The van der Waals surface area contributed by atoms with Gasteiger partial charge >= 0.3 is 0 Å². The summed E-state index contributed by atoms with van der Waals surface area (Å²) in [4.78, 5) is 6.66. The van der Waals surface area contributed by atoms with E-state index < -0.39 is 0 Å². The highest BCUT2D eigenvalue weighted by molar-refractivity contribution is 6.30. The molecular weight excluding hydrogens is 236 g/mol. The van der Waals surface area contributed by atoms with E-state index in [1.54, 1.807) is 12.3 Å². The maximum atomic E-state index is 5.84. The monoisotopic (exact) mass is 254 g/mol. The van der Waals surface area contributed by atoms with E-state index in [2.05, 4.69) is 22.1 Å². The summed E-state index contributed by atoms with van der Waals surface area (Å²) in [5.41, 5.74) is 6.45.